The lowest BCUT2D eigenvalue weighted by Crippen LogP contribution is -2.17. The van der Waals surface area contributed by atoms with Gasteiger partial charge in [0.2, 0.25) is 5.91 Å². The molecular weight excluding hydrogens is 402 g/mol. The fourth-order valence-corrected chi connectivity index (χ4v) is 5.09. The second kappa shape index (κ2) is 10.0. The average molecular weight is 426 g/mol. The highest BCUT2D eigenvalue weighted by molar-refractivity contribution is 7.99. The molecule has 1 aliphatic rings. The van der Waals surface area contributed by atoms with Crippen molar-refractivity contribution in [1.82, 2.24) is 9.97 Å². The quantitative estimate of drug-likeness (QED) is 0.589. The van der Waals surface area contributed by atoms with Crippen LogP contribution >= 0.6 is 23.1 Å². The number of rotatable bonds is 7. The molecule has 1 aromatic carbocycles. The van der Waals surface area contributed by atoms with Gasteiger partial charge in [-0.05, 0) is 42.7 Å². The van der Waals surface area contributed by atoms with Crippen LogP contribution in [0, 0.1) is 0 Å². The summed E-state index contributed by atoms with van der Waals surface area (Å²) < 4.78 is 5.42. The summed E-state index contributed by atoms with van der Waals surface area (Å²) in [6.07, 6.45) is 4.24. The van der Waals surface area contributed by atoms with E-state index in [1.165, 1.54) is 16.9 Å². The summed E-state index contributed by atoms with van der Waals surface area (Å²) in [5.74, 6) is 0.894. The third kappa shape index (κ3) is 5.88. The van der Waals surface area contributed by atoms with Gasteiger partial charge in [0.15, 0.2) is 0 Å². The van der Waals surface area contributed by atoms with Gasteiger partial charge in [0.1, 0.15) is 5.01 Å². The molecule has 0 unspecified atom stereocenters. The van der Waals surface area contributed by atoms with Crippen LogP contribution < -0.4 is 5.32 Å². The first-order valence-electron chi connectivity index (χ1n) is 9.70. The molecule has 3 aromatic rings. The summed E-state index contributed by atoms with van der Waals surface area (Å²) in [6.45, 7) is 1.73. The summed E-state index contributed by atoms with van der Waals surface area (Å²) in [4.78, 5) is 21.3. The molecule has 0 saturated carbocycles. The maximum absolute atomic E-state index is 12.5. The number of amides is 1. The standard InChI is InChI=1S/C22H23N3O2S2/c26-21(13-18-15-29-22(25-18)20-6-1-2-9-23-20)24-17-5-3-4-16(12-17)14-28-19-7-10-27-11-8-19/h1-6,9,12,15,19H,7-8,10-11,13-14H2,(H,24,26). The number of hydrogen-bond donors (Lipinski definition) is 1. The molecule has 29 heavy (non-hydrogen) atoms. The molecule has 1 N–H and O–H groups in total. The second-order valence-corrected chi connectivity index (χ2v) is 9.05. The minimum absolute atomic E-state index is 0.0582. The lowest BCUT2D eigenvalue weighted by Gasteiger charge is -2.21. The molecule has 5 nitrogen and oxygen atoms in total. The van der Waals surface area contributed by atoms with E-state index in [1.54, 1.807) is 6.20 Å². The summed E-state index contributed by atoms with van der Waals surface area (Å²) in [6, 6.07) is 13.8. The number of anilines is 1. The second-order valence-electron chi connectivity index (χ2n) is 6.91. The maximum Gasteiger partial charge on any atom is 0.230 e. The Morgan fingerprint density at radius 1 is 1.21 bits per heavy atom. The highest BCUT2D eigenvalue weighted by atomic mass is 32.2. The van der Waals surface area contributed by atoms with Crippen molar-refractivity contribution in [3.8, 4) is 10.7 Å². The summed E-state index contributed by atoms with van der Waals surface area (Å²) >= 11 is 3.48. The number of benzene rings is 1. The molecule has 2 aromatic heterocycles. The Labute approximate surface area is 178 Å². The number of nitrogens with zero attached hydrogens (tertiary/aromatic N) is 2. The summed E-state index contributed by atoms with van der Waals surface area (Å²) in [5, 5.41) is 6.42. The zero-order valence-corrected chi connectivity index (χ0v) is 17.7. The van der Waals surface area contributed by atoms with Crippen molar-refractivity contribution in [2.75, 3.05) is 18.5 Å². The van der Waals surface area contributed by atoms with Crippen molar-refractivity contribution < 1.29 is 9.53 Å². The van der Waals surface area contributed by atoms with Gasteiger partial charge in [0.05, 0.1) is 17.8 Å². The smallest absolute Gasteiger partial charge is 0.230 e. The van der Waals surface area contributed by atoms with Crippen molar-refractivity contribution in [1.29, 1.82) is 0 Å². The number of carbonyl (C=O) groups is 1. The molecule has 0 radical (unpaired) electrons. The van der Waals surface area contributed by atoms with Crippen molar-refractivity contribution in [2.45, 2.75) is 30.3 Å². The molecule has 0 atom stereocenters. The average Bonchev–Trinajstić information content (AvgIpc) is 3.22. The topological polar surface area (TPSA) is 64.1 Å². The predicted octanol–water partition coefficient (Wildman–Crippen LogP) is 4.80. The largest absolute Gasteiger partial charge is 0.381 e. The molecule has 1 amide bonds. The number of hydrogen-bond acceptors (Lipinski definition) is 6. The van der Waals surface area contributed by atoms with Crippen molar-refractivity contribution in [3.05, 3.63) is 65.3 Å². The van der Waals surface area contributed by atoms with E-state index in [2.05, 4.69) is 27.4 Å². The number of carbonyl (C=O) groups excluding carboxylic acids is 1. The minimum Gasteiger partial charge on any atom is -0.381 e. The first-order chi connectivity index (χ1) is 14.3. The van der Waals surface area contributed by atoms with Crippen LogP contribution in [0.1, 0.15) is 24.1 Å². The molecule has 4 rings (SSSR count). The lowest BCUT2D eigenvalue weighted by atomic mass is 10.2. The van der Waals surface area contributed by atoms with E-state index < -0.39 is 0 Å². The van der Waals surface area contributed by atoms with Gasteiger partial charge >= 0.3 is 0 Å². The van der Waals surface area contributed by atoms with E-state index in [0.717, 1.165) is 53.9 Å². The normalized spacial score (nSPS) is 14.6. The van der Waals surface area contributed by atoms with Crippen molar-refractivity contribution in [2.24, 2.45) is 0 Å². The van der Waals surface area contributed by atoms with Gasteiger partial charge in [-0.3, -0.25) is 9.78 Å². The lowest BCUT2D eigenvalue weighted by molar-refractivity contribution is -0.115. The number of aromatic nitrogens is 2. The van der Waals surface area contributed by atoms with Crippen LogP contribution in [0.25, 0.3) is 10.7 Å². The molecule has 7 heteroatoms. The van der Waals surface area contributed by atoms with Crippen LogP contribution in [0.4, 0.5) is 5.69 Å². The van der Waals surface area contributed by atoms with Gasteiger partial charge in [-0.1, -0.05) is 18.2 Å². The van der Waals surface area contributed by atoms with Gasteiger partial charge in [-0.25, -0.2) is 4.98 Å². The van der Waals surface area contributed by atoms with Gasteiger partial charge in [0.25, 0.3) is 0 Å². The van der Waals surface area contributed by atoms with Gasteiger partial charge in [-0.2, -0.15) is 11.8 Å². The number of ether oxygens (including phenoxy) is 1. The van der Waals surface area contributed by atoms with E-state index in [4.69, 9.17) is 4.74 Å². The molecule has 1 saturated heterocycles. The van der Waals surface area contributed by atoms with Gasteiger partial charge < -0.3 is 10.1 Å². The van der Waals surface area contributed by atoms with E-state index in [0.29, 0.717) is 5.25 Å². The Balaban J connectivity index is 1.31. The third-order valence-corrected chi connectivity index (χ3v) is 7.00. The monoisotopic (exact) mass is 425 g/mol. The number of nitrogens with one attached hydrogen (secondary N) is 1. The van der Waals surface area contributed by atoms with Crippen LogP contribution in [0.15, 0.2) is 54.0 Å². The predicted molar refractivity (Wildman–Crippen MR) is 119 cm³/mol. The van der Waals surface area contributed by atoms with Crippen LogP contribution in [0.2, 0.25) is 0 Å². The fourth-order valence-electron chi connectivity index (χ4n) is 3.16. The molecule has 1 aliphatic heterocycles. The van der Waals surface area contributed by atoms with E-state index in [-0.39, 0.29) is 12.3 Å². The van der Waals surface area contributed by atoms with Gasteiger partial charge in [-0.15, -0.1) is 11.3 Å². The Hall–Kier alpha value is -2.22. The van der Waals surface area contributed by atoms with E-state index in [1.807, 2.05) is 47.5 Å². The molecule has 0 spiro atoms. The van der Waals surface area contributed by atoms with Gasteiger partial charge in [0, 0.05) is 41.5 Å². The Kier molecular flexibility index (Phi) is 6.92. The summed E-state index contributed by atoms with van der Waals surface area (Å²) in [7, 11) is 0. The van der Waals surface area contributed by atoms with Crippen LogP contribution in [-0.4, -0.2) is 34.3 Å². The highest BCUT2D eigenvalue weighted by Crippen LogP contribution is 2.26. The molecule has 3 heterocycles. The Bertz CT molecular complexity index is 940. The van der Waals surface area contributed by atoms with E-state index >= 15 is 0 Å². The van der Waals surface area contributed by atoms with Crippen LogP contribution in [0.5, 0.6) is 0 Å². The van der Waals surface area contributed by atoms with E-state index in [9.17, 15) is 4.79 Å². The van der Waals surface area contributed by atoms with Crippen molar-refractivity contribution in [3.63, 3.8) is 0 Å². The molecule has 1 fully saturated rings. The highest BCUT2D eigenvalue weighted by Gasteiger charge is 2.14. The molecule has 150 valence electrons. The van der Waals surface area contributed by atoms with Crippen molar-refractivity contribution >= 4 is 34.7 Å². The first kappa shape index (κ1) is 20.1. The Morgan fingerprint density at radius 2 is 2.10 bits per heavy atom. The fraction of sp³-hybridized carbons (Fsp3) is 0.318. The number of pyridine rings is 1. The minimum atomic E-state index is -0.0582. The zero-order chi connectivity index (χ0) is 19.9. The molecular formula is C22H23N3O2S2. The summed E-state index contributed by atoms with van der Waals surface area (Å²) in [5.41, 5.74) is 3.66. The maximum atomic E-state index is 12.5. The Morgan fingerprint density at radius 3 is 2.93 bits per heavy atom. The van der Waals surface area contributed by atoms with Crippen LogP contribution in [0.3, 0.4) is 0 Å². The molecule has 0 bridgehead atoms. The molecule has 0 aliphatic carbocycles. The third-order valence-electron chi connectivity index (χ3n) is 4.64. The van der Waals surface area contributed by atoms with Crippen LogP contribution in [-0.2, 0) is 21.7 Å². The first-order valence-corrected chi connectivity index (χ1v) is 11.6. The zero-order valence-electron chi connectivity index (χ0n) is 16.0. The number of thiazole rings is 1. The SMILES string of the molecule is O=C(Cc1csc(-c2ccccn2)n1)Nc1cccc(CSC2CCOCC2)c1. The number of thioether (sulfide) groups is 1.